The zero-order chi connectivity index (χ0) is 17.0. The Morgan fingerprint density at radius 2 is 1.91 bits per heavy atom. The number of nitrogens with zero attached hydrogens (tertiary/aromatic N) is 1. The van der Waals surface area contributed by atoms with Gasteiger partial charge in [0.25, 0.3) is 5.91 Å². The van der Waals surface area contributed by atoms with E-state index in [2.05, 4.69) is 0 Å². The number of carbonyl (C=O) groups excluding carboxylic acids is 1. The van der Waals surface area contributed by atoms with Gasteiger partial charge in [-0.15, -0.1) is 0 Å². The van der Waals surface area contributed by atoms with E-state index in [9.17, 15) is 14.7 Å². The van der Waals surface area contributed by atoms with Gasteiger partial charge in [-0.05, 0) is 25.0 Å². The van der Waals surface area contributed by atoms with Crippen LogP contribution in [0.2, 0.25) is 0 Å². The highest BCUT2D eigenvalue weighted by molar-refractivity contribution is 5.82. The first-order chi connectivity index (χ1) is 10.9. The number of para-hydroxylation sites is 1. The Morgan fingerprint density at radius 3 is 2.43 bits per heavy atom. The molecule has 126 valence electrons. The second kappa shape index (κ2) is 7.00. The van der Waals surface area contributed by atoms with Crippen molar-refractivity contribution in [3.05, 3.63) is 29.8 Å². The summed E-state index contributed by atoms with van der Waals surface area (Å²) >= 11 is 0. The van der Waals surface area contributed by atoms with Crippen molar-refractivity contribution in [1.82, 2.24) is 4.90 Å². The van der Waals surface area contributed by atoms with Crippen molar-refractivity contribution in [3.63, 3.8) is 0 Å². The first-order valence-electron chi connectivity index (χ1n) is 7.84. The third-order valence-electron chi connectivity index (χ3n) is 4.31. The maximum atomic E-state index is 12.6. The van der Waals surface area contributed by atoms with E-state index in [-0.39, 0.29) is 31.8 Å². The van der Waals surface area contributed by atoms with Crippen LogP contribution in [0.25, 0.3) is 0 Å². The van der Waals surface area contributed by atoms with Gasteiger partial charge in [0, 0.05) is 25.9 Å². The number of ether oxygens (including phenoxy) is 1. The molecule has 6 heteroatoms. The number of aliphatic carboxylic acids is 1. The van der Waals surface area contributed by atoms with Crippen molar-refractivity contribution in [1.29, 1.82) is 0 Å². The second-order valence-corrected chi connectivity index (χ2v) is 5.94. The number of rotatable bonds is 5. The Bertz CT molecular complexity index is 578. The first kappa shape index (κ1) is 17.3. The molecule has 1 fully saturated rings. The lowest BCUT2D eigenvalue weighted by molar-refractivity contribution is -0.166. The first-order valence-corrected chi connectivity index (χ1v) is 7.84. The average Bonchev–Trinajstić information content (AvgIpc) is 2.54. The van der Waals surface area contributed by atoms with E-state index in [0.29, 0.717) is 12.2 Å². The number of aryl methyl sites for hydroxylation is 1. The molecule has 1 atom stereocenters. The molecule has 0 radical (unpaired) electrons. The fraction of sp³-hybridized carbons (Fsp3) is 0.529. The number of carboxylic acid groups (broad SMARTS) is 1. The Kier molecular flexibility index (Phi) is 5.26. The number of piperidine rings is 1. The highest BCUT2D eigenvalue weighted by Crippen LogP contribution is 2.25. The van der Waals surface area contributed by atoms with Crippen LogP contribution in [0.4, 0.5) is 0 Å². The average molecular weight is 321 g/mol. The number of carboxylic acids is 1. The SMILES string of the molecule is CCC(Oc1ccccc1C)C(=O)N1CCC(O)(C(=O)O)CC1. The van der Waals surface area contributed by atoms with E-state index in [1.54, 1.807) is 4.90 Å². The van der Waals surface area contributed by atoms with E-state index < -0.39 is 17.7 Å². The van der Waals surface area contributed by atoms with E-state index in [0.717, 1.165) is 5.56 Å². The molecule has 1 amide bonds. The van der Waals surface area contributed by atoms with Gasteiger partial charge < -0.3 is 19.8 Å². The van der Waals surface area contributed by atoms with Crippen LogP contribution in [0.15, 0.2) is 24.3 Å². The van der Waals surface area contributed by atoms with Crippen LogP contribution < -0.4 is 4.74 Å². The van der Waals surface area contributed by atoms with E-state index >= 15 is 0 Å². The van der Waals surface area contributed by atoms with Crippen molar-refractivity contribution in [2.24, 2.45) is 0 Å². The third kappa shape index (κ3) is 3.82. The van der Waals surface area contributed by atoms with Crippen LogP contribution in [0.5, 0.6) is 5.75 Å². The minimum absolute atomic E-state index is 0.0366. The molecule has 0 aromatic heterocycles. The number of aliphatic hydroxyl groups is 1. The lowest BCUT2D eigenvalue weighted by Crippen LogP contribution is -2.53. The molecule has 6 nitrogen and oxygen atoms in total. The Labute approximate surface area is 135 Å². The van der Waals surface area contributed by atoms with Crippen molar-refractivity contribution in [2.75, 3.05) is 13.1 Å². The summed E-state index contributed by atoms with van der Waals surface area (Å²) < 4.78 is 5.84. The topological polar surface area (TPSA) is 87.1 Å². The summed E-state index contributed by atoms with van der Waals surface area (Å²) in [5, 5.41) is 19.0. The fourth-order valence-electron chi connectivity index (χ4n) is 2.66. The number of likely N-dealkylation sites (tertiary alicyclic amines) is 1. The molecular formula is C17H23NO5. The molecule has 1 unspecified atom stereocenters. The van der Waals surface area contributed by atoms with E-state index in [1.165, 1.54) is 0 Å². The Balaban J connectivity index is 2.01. The van der Waals surface area contributed by atoms with Crippen molar-refractivity contribution < 1.29 is 24.5 Å². The molecule has 1 aliphatic heterocycles. The molecule has 2 N–H and O–H groups in total. The summed E-state index contributed by atoms with van der Waals surface area (Å²) in [4.78, 5) is 25.2. The molecule has 1 aromatic rings. The molecule has 23 heavy (non-hydrogen) atoms. The number of hydrogen-bond acceptors (Lipinski definition) is 4. The van der Waals surface area contributed by atoms with Crippen molar-refractivity contribution >= 4 is 11.9 Å². The smallest absolute Gasteiger partial charge is 0.335 e. The van der Waals surface area contributed by atoms with Gasteiger partial charge in [0.15, 0.2) is 11.7 Å². The quantitative estimate of drug-likeness (QED) is 0.860. The Hall–Kier alpha value is -2.08. The molecule has 0 spiro atoms. The monoisotopic (exact) mass is 321 g/mol. The lowest BCUT2D eigenvalue weighted by atomic mass is 9.91. The van der Waals surface area contributed by atoms with Gasteiger partial charge in [0.05, 0.1) is 0 Å². The fourth-order valence-corrected chi connectivity index (χ4v) is 2.66. The number of hydrogen-bond donors (Lipinski definition) is 2. The van der Waals surface area contributed by atoms with Crippen LogP contribution in [0.3, 0.4) is 0 Å². The summed E-state index contributed by atoms with van der Waals surface area (Å²) in [6, 6.07) is 7.50. The van der Waals surface area contributed by atoms with Gasteiger partial charge in [-0.2, -0.15) is 0 Å². The van der Waals surface area contributed by atoms with Gasteiger partial charge in [0.1, 0.15) is 5.75 Å². The van der Waals surface area contributed by atoms with Gasteiger partial charge in [-0.25, -0.2) is 4.79 Å². The summed E-state index contributed by atoms with van der Waals surface area (Å²) in [6.07, 6.45) is -0.0107. The standard InChI is InChI=1S/C17H23NO5/c1-3-13(23-14-7-5-4-6-12(14)2)15(19)18-10-8-17(22,9-11-18)16(20)21/h4-7,13,22H,3,8-11H2,1-2H3,(H,20,21). The minimum Gasteiger partial charge on any atom is -0.480 e. The molecule has 1 saturated heterocycles. The minimum atomic E-state index is -1.73. The van der Waals surface area contributed by atoms with Crippen LogP contribution in [0.1, 0.15) is 31.7 Å². The van der Waals surface area contributed by atoms with E-state index in [1.807, 2.05) is 38.1 Å². The number of amides is 1. The van der Waals surface area contributed by atoms with Gasteiger partial charge in [-0.3, -0.25) is 4.79 Å². The van der Waals surface area contributed by atoms with Crippen molar-refractivity contribution in [2.45, 2.75) is 44.8 Å². The van der Waals surface area contributed by atoms with Crippen molar-refractivity contribution in [3.8, 4) is 5.75 Å². The van der Waals surface area contributed by atoms with Gasteiger partial charge >= 0.3 is 5.97 Å². The van der Waals surface area contributed by atoms with E-state index in [4.69, 9.17) is 9.84 Å². The van der Waals surface area contributed by atoms with Crippen LogP contribution in [0, 0.1) is 6.92 Å². The molecule has 1 aromatic carbocycles. The summed E-state index contributed by atoms with van der Waals surface area (Å²) in [7, 11) is 0. The Morgan fingerprint density at radius 1 is 1.30 bits per heavy atom. The second-order valence-electron chi connectivity index (χ2n) is 5.94. The lowest BCUT2D eigenvalue weighted by Gasteiger charge is -2.36. The molecule has 1 aliphatic rings. The summed E-state index contributed by atoms with van der Waals surface area (Å²) in [5.74, 6) is -0.720. The third-order valence-corrected chi connectivity index (χ3v) is 4.31. The molecule has 1 heterocycles. The predicted molar refractivity (Wildman–Crippen MR) is 84.3 cm³/mol. The highest BCUT2D eigenvalue weighted by atomic mass is 16.5. The van der Waals surface area contributed by atoms with Gasteiger partial charge in [0.2, 0.25) is 0 Å². The zero-order valence-electron chi connectivity index (χ0n) is 13.5. The largest absolute Gasteiger partial charge is 0.480 e. The van der Waals surface area contributed by atoms with Gasteiger partial charge in [-0.1, -0.05) is 25.1 Å². The maximum Gasteiger partial charge on any atom is 0.335 e. The number of benzene rings is 1. The normalized spacial score (nSPS) is 18.3. The molecular weight excluding hydrogens is 298 g/mol. The molecule has 0 saturated carbocycles. The molecule has 2 rings (SSSR count). The predicted octanol–water partition coefficient (Wildman–Crippen LogP) is 1.59. The van der Waals surface area contributed by atoms with Crippen LogP contribution in [-0.2, 0) is 9.59 Å². The zero-order valence-corrected chi connectivity index (χ0v) is 13.5. The summed E-state index contributed by atoms with van der Waals surface area (Å²) in [5.41, 5.74) is -0.771. The van der Waals surface area contributed by atoms with Crippen LogP contribution in [-0.4, -0.2) is 51.8 Å². The highest BCUT2D eigenvalue weighted by Gasteiger charge is 2.41. The van der Waals surface area contributed by atoms with Crippen LogP contribution >= 0.6 is 0 Å². The maximum absolute atomic E-state index is 12.6. The summed E-state index contributed by atoms with van der Waals surface area (Å²) in [6.45, 7) is 4.23. The molecule has 0 aliphatic carbocycles. The number of carbonyl (C=O) groups is 2. The molecule has 0 bridgehead atoms.